The summed E-state index contributed by atoms with van der Waals surface area (Å²) in [7, 11) is 0. The number of hydrogen-bond donors (Lipinski definition) is 0. The van der Waals surface area contributed by atoms with Crippen LogP contribution in [0.25, 0.3) is 11.1 Å². The van der Waals surface area contributed by atoms with Crippen molar-refractivity contribution in [1.82, 2.24) is 4.90 Å². The predicted molar refractivity (Wildman–Crippen MR) is 125 cm³/mol. The summed E-state index contributed by atoms with van der Waals surface area (Å²) in [5, 5.41) is 3.00. The standard InChI is InChI=1S/C25H31N3O4/c1-17-16-31-12-11-28(17)23-14-19(18-5-7-21(26-30)8-6-18)13-20-15-27(10-9-22(20)23)24(29)32-25(2,3)4/h5-8,13-14,17H,9-12,15-16H2,1-4H3. The first-order chi connectivity index (χ1) is 15.2. The highest BCUT2D eigenvalue weighted by Gasteiger charge is 2.30. The van der Waals surface area contributed by atoms with E-state index >= 15 is 0 Å². The zero-order valence-electron chi connectivity index (χ0n) is 19.3. The Morgan fingerprint density at radius 1 is 1.12 bits per heavy atom. The van der Waals surface area contributed by atoms with Crippen LogP contribution in [-0.2, 0) is 22.4 Å². The number of nitrogens with zero attached hydrogens (tertiary/aromatic N) is 3. The average molecular weight is 438 g/mol. The van der Waals surface area contributed by atoms with Crippen molar-refractivity contribution >= 4 is 17.5 Å². The van der Waals surface area contributed by atoms with E-state index in [-0.39, 0.29) is 12.1 Å². The number of benzene rings is 2. The predicted octanol–water partition coefficient (Wildman–Crippen LogP) is 5.27. The molecule has 7 heteroatoms. The fourth-order valence-electron chi connectivity index (χ4n) is 4.38. The van der Waals surface area contributed by atoms with Crippen molar-refractivity contribution in [2.75, 3.05) is 31.2 Å². The van der Waals surface area contributed by atoms with Crippen LogP contribution in [0.1, 0.15) is 38.8 Å². The Morgan fingerprint density at radius 2 is 1.88 bits per heavy atom. The molecule has 0 N–H and O–H groups in total. The molecule has 1 unspecified atom stereocenters. The minimum atomic E-state index is -0.526. The molecule has 2 aliphatic rings. The molecule has 0 aromatic heterocycles. The molecule has 2 aliphatic heterocycles. The smallest absolute Gasteiger partial charge is 0.410 e. The van der Waals surface area contributed by atoms with Crippen LogP contribution in [-0.4, -0.2) is 48.9 Å². The first-order valence-corrected chi connectivity index (χ1v) is 11.2. The third-order valence-corrected chi connectivity index (χ3v) is 5.95. The second-order valence-electron chi connectivity index (χ2n) is 9.54. The molecule has 1 saturated heterocycles. The maximum atomic E-state index is 12.7. The quantitative estimate of drug-likeness (QED) is 0.612. The average Bonchev–Trinajstić information content (AvgIpc) is 2.77. The van der Waals surface area contributed by atoms with E-state index in [0.29, 0.717) is 32.0 Å². The Labute approximate surface area is 189 Å². The van der Waals surface area contributed by atoms with Crippen LogP contribution in [0, 0.1) is 4.91 Å². The van der Waals surface area contributed by atoms with Crippen LogP contribution in [0.3, 0.4) is 0 Å². The van der Waals surface area contributed by atoms with Crippen molar-refractivity contribution in [2.45, 2.75) is 52.3 Å². The van der Waals surface area contributed by atoms with Gasteiger partial charge >= 0.3 is 6.09 Å². The lowest BCUT2D eigenvalue weighted by Crippen LogP contribution is -2.45. The van der Waals surface area contributed by atoms with Gasteiger partial charge in [0.15, 0.2) is 0 Å². The molecule has 32 heavy (non-hydrogen) atoms. The number of ether oxygens (including phenoxy) is 2. The zero-order chi connectivity index (χ0) is 22.9. The zero-order valence-corrected chi connectivity index (χ0v) is 19.3. The van der Waals surface area contributed by atoms with E-state index in [4.69, 9.17) is 9.47 Å². The van der Waals surface area contributed by atoms with Gasteiger partial charge in [0.1, 0.15) is 11.3 Å². The summed E-state index contributed by atoms with van der Waals surface area (Å²) in [5.74, 6) is 0. The first kappa shape index (κ1) is 22.3. The fraction of sp³-hybridized carbons (Fsp3) is 0.480. The molecule has 7 nitrogen and oxygen atoms in total. The molecule has 1 atom stereocenters. The number of amides is 1. The van der Waals surface area contributed by atoms with Gasteiger partial charge in [-0.05, 0) is 85.8 Å². The van der Waals surface area contributed by atoms with Gasteiger partial charge in [0, 0.05) is 31.4 Å². The molecule has 2 aromatic rings. The summed E-state index contributed by atoms with van der Waals surface area (Å²) in [6.07, 6.45) is 0.499. The molecule has 0 aliphatic carbocycles. The summed E-state index contributed by atoms with van der Waals surface area (Å²) in [5.41, 5.74) is 5.57. The van der Waals surface area contributed by atoms with Gasteiger partial charge in [0.2, 0.25) is 0 Å². The van der Waals surface area contributed by atoms with Crippen molar-refractivity contribution in [3.63, 3.8) is 0 Å². The lowest BCUT2D eigenvalue weighted by Gasteiger charge is -2.39. The first-order valence-electron chi connectivity index (χ1n) is 11.2. The summed E-state index contributed by atoms with van der Waals surface area (Å²) in [6, 6.07) is 11.9. The Balaban J connectivity index is 1.73. The maximum Gasteiger partial charge on any atom is 0.410 e. The number of rotatable bonds is 3. The van der Waals surface area contributed by atoms with Crippen molar-refractivity contribution in [3.05, 3.63) is 52.4 Å². The lowest BCUT2D eigenvalue weighted by molar-refractivity contribution is 0.0224. The van der Waals surface area contributed by atoms with Gasteiger partial charge in [-0.15, -0.1) is 4.91 Å². The Bertz CT molecular complexity index is 997. The normalized spacial score (nSPS) is 18.8. The van der Waals surface area contributed by atoms with E-state index in [0.717, 1.165) is 29.7 Å². The number of hydrogen-bond acceptors (Lipinski definition) is 6. The van der Waals surface area contributed by atoms with E-state index in [1.165, 1.54) is 11.3 Å². The fourth-order valence-corrected chi connectivity index (χ4v) is 4.38. The van der Waals surface area contributed by atoms with Crippen molar-refractivity contribution in [2.24, 2.45) is 5.18 Å². The van der Waals surface area contributed by atoms with E-state index in [1.54, 1.807) is 17.0 Å². The van der Waals surface area contributed by atoms with Crippen LogP contribution in [0.4, 0.5) is 16.2 Å². The number of anilines is 1. The van der Waals surface area contributed by atoms with Crippen molar-refractivity contribution in [3.8, 4) is 11.1 Å². The van der Waals surface area contributed by atoms with E-state index in [9.17, 15) is 9.70 Å². The van der Waals surface area contributed by atoms with Gasteiger partial charge in [-0.1, -0.05) is 12.1 Å². The molecular weight excluding hydrogens is 406 g/mol. The Kier molecular flexibility index (Phi) is 6.20. The molecule has 4 rings (SSSR count). The number of carbonyl (C=O) groups is 1. The molecule has 0 radical (unpaired) electrons. The van der Waals surface area contributed by atoms with Gasteiger partial charge in [-0.3, -0.25) is 0 Å². The highest BCUT2D eigenvalue weighted by atomic mass is 16.6. The second kappa shape index (κ2) is 8.90. The van der Waals surface area contributed by atoms with Gasteiger partial charge in [-0.25, -0.2) is 4.79 Å². The highest BCUT2D eigenvalue weighted by Crippen LogP contribution is 2.37. The monoisotopic (exact) mass is 437 g/mol. The van der Waals surface area contributed by atoms with Gasteiger partial charge in [0.05, 0.1) is 13.2 Å². The minimum absolute atomic E-state index is 0.272. The second-order valence-corrected chi connectivity index (χ2v) is 9.54. The Hall–Kier alpha value is -2.93. The molecule has 0 saturated carbocycles. The van der Waals surface area contributed by atoms with E-state index in [2.05, 4.69) is 29.1 Å². The highest BCUT2D eigenvalue weighted by molar-refractivity contribution is 5.75. The SMILES string of the molecule is CC1COCCN1c1cc(-c2ccc(N=O)cc2)cc2c1CCN(C(=O)OC(C)(C)C)C2. The summed E-state index contributed by atoms with van der Waals surface area (Å²) in [6.45, 7) is 11.2. The number of fused-ring (bicyclic) bond motifs is 1. The van der Waals surface area contributed by atoms with Crippen LogP contribution >= 0.6 is 0 Å². The topological polar surface area (TPSA) is 71.4 Å². The number of nitroso groups, excluding NO2 is 1. The molecule has 0 spiro atoms. The van der Waals surface area contributed by atoms with Crippen molar-refractivity contribution < 1.29 is 14.3 Å². The van der Waals surface area contributed by atoms with E-state index < -0.39 is 5.60 Å². The number of morpholine rings is 1. The third-order valence-electron chi connectivity index (χ3n) is 5.95. The van der Waals surface area contributed by atoms with E-state index in [1.807, 2.05) is 32.9 Å². The maximum absolute atomic E-state index is 12.7. The Morgan fingerprint density at radius 3 is 2.53 bits per heavy atom. The van der Waals surface area contributed by atoms with Gasteiger partial charge in [0.25, 0.3) is 0 Å². The molecule has 1 fully saturated rings. The van der Waals surface area contributed by atoms with Crippen LogP contribution in [0.5, 0.6) is 0 Å². The molecule has 170 valence electrons. The van der Waals surface area contributed by atoms with Crippen molar-refractivity contribution in [1.29, 1.82) is 0 Å². The largest absolute Gasteiger partial charge is 0.444 e. The third kappa shape index (κ3) is 4.78. The van der Waals surface area contributed by atoms with Crippen LogP contribution in [0.15, 0.2) is 41.6 Å². The summed E-state index contributed by atoms with van der Waals surface area (Å²) >= 11 is 0. The van der Waals surface area contributed by atoms with Crippen LogP contribution < -0.4 is 4.90 Å². The molecule has 1 amide bonds. The minimum Gasteiger partial charge on any atom is -0.444 e. The van der Waals surface area contributed by atoms with Crippen LogP contribution in [0.2, 0.25) is 0 Å². The lowest BCUT2D eigenvalue weighted by atomic mass is 9.91. The molecule has 2 aromatic carbocycles. The van der Waals surface area contributed by atoms with Gasteiger partial charge < -0.3 is 19.3 Å². The van der Waals surface area contributed by atoms with Gasteiger partial charge in [-0.2, -0.15) is 0 Å². The molecule has 0 bridgehead atoms. The summed E-state index contributed by atoms with van der Waals surface area (Å²) < 4.78 is 11.3. The molecular formula is C25H31N3O4. The summed E-state index contributed by atoms with van der Waals surface area (Å²) in [4.78, 5) is 27.7. The molecule has 2 heterocycles. The number of carbonyl (C=O) groups excluding carboxylic acids is 1.